The fourth-order valence-electron chi connectivity index (χ4n) is 5.99. The highest BCUT2D eigenvalue weighted by Gasteiger charge is 2.64. The van der Waals surface area contributed by atoms with Crippen molar-refractivity contribution in [3.63, 3.8) is 0 Å². The molecular formula is C33H48N6O7. The van der Waals surface area contributed by atoms with E-state index in [9.17, 15) is 14.4 Å². The molecule has 4 amide bonds. The van der Waals surface area contributed by atoms with Gasteiger partial charge in [-0.05, 0) is 71.8 Å². The van der Waals surface area contributed by atoms with Gasteiger partial charge >= 0.3 is 18.2 Å². The zero-order chi connectivity index (χ0) is 33.4. The number of urea groups is 1. The van der Waals surface area contributed by atoms with Crippen molar-refractivity contribution in [3.8, 4) is 0 Å². The normalized spacial score (nSPS) is 20.9. The summed E-state index contributed by atoms with van der Waals surface area (Å²) in [5, 5.41) is 10.3. The van der Waals surface area contributed by atoms with E-state index in [-0.39, 0.29) is 49.1 Å². The molecule has 1 aliphatic carbocycles. The fourth-order valence-corrected chi connectivity index (χ4v) is 5.99. The van der Waals surface area contributed by atoms with E-state index < -0.39 is 23.4 Å². The highest BCUT2D eigenvalue weighted by atomic mass is 16.7. The van der Waals surface area contributed by atoms with Gasteiger partial charge in [-0.2, -0.15) is 5.06 Å². The van der Waals surface area contributed by atoms with Crippen molar-refractivity contribution in [1.82, 2.24) is 30.0 Å². The summed E-state index contributed by atoms with van der Waals surface area (Å²) in [6.45, 7) is 14.3. The van der Waals surface area contributed by atoms with Crippen LogP contribution in [-0.4, -0.2) is 98.6 Å². The van der Waals surface area contributed by atoms with E-state index in [1.165, 1.54) is 9.80 Å². The molecule has 1 aromatic heterocycles. The summed E-state index contributed by atoms with van der Waals surface area (Å²) in [6, 6.07) is 9.26. The Morgan fingerprint density at radius 2 is 1.67 bits per heavy atom. The van der Waals surface area contributed by atoms with E-state index in [0.29, 0.717) is 24.9 Å². The molecule has 1 saturated carbocycles. The first-order valence-corrected chi connectivity index (χ1v) is 16.1. The van der Waals surface area contributed by atoms with Gasteiger partial charge in [-0.3, -0.25) is 4.84 Å². The number of fused-ring (bicyclic) bond motifs is 3. The van der Waals surface area contributed by atoms with Gasteiger partial charge in [-0.1, -0.05) is 37.3 Å². The Kier molecular flexibility index (Phi) is 9.27. The zero-order valence-electron chi connectivity index (χ0n) is 28.3. The van der Waals surface area contributed by atoms with Crippen molar-refractivity contribution in [2.45, 2.75) is 104 Å². The monoisotopic (exact) mass is 640 g/mol. The molecule has 2 saturated heterocycles. The van der Waals surface area contributed by atoms with Crippen LogP contribution in [0.4, 0.5) is 14.4 Å². The molecule has 3 fully saturated rings. The summed E-state index contributed by atoms with van der Waals surface area (Å²) in [7, 11) is 1.63. The number of aromatic nitrogens is 2. The van der Waals surface area contributed by atoms with Crippen LogP contribution in [0, 0.1) is 5.41 Å². The van der Waals surface area contributed by atoms with Crippen LogP contribution in [0.25, 0.3) is 0 Å². The number of amides is 4. The van der Waals surface area contributed by atoms with Crippen LogP contribution in [0.15, 0.2) is 34.7 Å². The summed E-state index contributed by atoms with van der Waals surface area (Å²) in [4.78, 5) is 50.1. The van der Waals surface area contributed by atoms with E-state index >= 15 is 0 Å². The molecule has 3 heterocycles. The average Bonchev–Trinajstić information content (AvgIpc) is 3.43. The minimum atomic E-state index is -0.703. The molecule has 0 unspecified atom stereocenters. The van der Waals surface area contributed by atoms with Crippen molar-refractivity contribution < 1.29 is 33.1 Å². The molecule has 0 N–H and O–H groups in total. The third kappa shape index (κ3) is 7.73. The molecule has 252 valence electrons. The Balaban J connectivity index is 1.25. The first-order valence-electron chi connectivity index (χ1n) is 16.1. The predicted octanol–water partition coefficient (Wildman–Crippen LogP) is 5.74. The van der Waals surface area contributed by atoms with Gasteiger partial charge in [0.25, 0.3) is 0 Å². The molecule has 3 atom stereocenters. The van der Waals surface area contributed by atoms with E-state index in [4.69, 9.17) is 18.7 Å². The third-order valence-corrected chi connectivity index (χ3v) is 8.59. The Bertz CT molecular complexity index is 1400. The lowest BCUT2D eigenvalue weighted by Crippen LogP contribution is -2.44. The number of hydroxylamine groups is 2. The van der Waals surface area contributed by atoms with Crippen LogP contribution < -0.4 is 0 Å². The van der Waals surface area contributed by atoms with Gasteiger partial charge in [-0.25, -0.2) is 14.4 Å². The lowest BCUT2D eigenvalue weighted by Gasteiger charge is -2.35. The third-order valence-electron chi connectivity index (χ3n) is 8.59. The van der Waals surface area contributed by atoms with Gasteiger partial charge in [-0.15, -0.1) is 10.2 Å². The molecular weight excluding hydrogens is 592 g/mol. The smallest absolute Gasteiger partial charge is 0.410 e. The van der Waals surface area contributed by atoms with Crippen molar-refractivity contribution >= 4 is 18.2 Å². The Morgan fingerprint density at radius 3 is 2.30 bits per heavy atom. The summed E-state index contributed by atoms with van der Waals surface area (Å²) in [6.07, 6.45) is 1.77. The largest absolute Gasteiger partial charge is 0.444 e. The molecule has 2 bridgehead atoms. The number of ether oxygens (including phenoxy) is 2. The van der Waals surface area contributed by atoms with Crippen molar-refractivity contribution in [1.29, 1.82) is 0 Å². The first-order chi connectivity index (χ1) is 21.6. The molecule has 5 rings (SSSR count). The Labute approximate surface area is 271 Å². The molecule has 13 nitrogen and oxygen atoms in total. The van der Waals surface area contributed by atoms with Crippen LogP contribution in [0.5, 0.6) is 0 Å². The molecule has 0 radical (unpaired) electrons. The maximum absolute atomic E-state index is 13.6. The minimum absolute atomic E-state index is 0.0116. The molecule has 2 aliphatic heterocycles. The molecule has 2 aromatic rings. The molecule has 46 heavy (non-hydrogen) atoms. The highest BCUT2D eigenvalue weighted by molar-refractivity contribution is 5.77. The summed E-state index contributed by atoms with van der Waals surface area (Å²) < 4.78 is 17.4. The van der Waals surface area contributed by atoms with Crippen LogP contribution in [0.2, 0.25) is 0 Å². The number of hydrogen-bond donors (Lipinski definition) is 0. The molecule has 3 aliphatic rings. The van der Waals surface area contributed by atoms with Gasteiger partial charge in [0.05, 0.1) is 12.0 Å². The van der Waals surface area contributed by atoms with Crippen LogP contribution >= 0.6 is 0 Å². The summed E-state index contributed by atoms with van der Waals surface area (Å²) in [5.74, 6) is 0.407. The Hall–Kier alpha value is -3.87. The predicted molar refractivity (Wildman–Crippen MR) is 167 cm³/mol. The Morgan fingerprint density at radius 1 is 1.02 bits per heavy atom. The SMILES string of the molecule is C[C@@H](CN(CCN(C)C(=O)OC(C)(C)C)C(=O)OC(C)(C)C)c1nnc([C@@H]2CC3(CC3)[C@@H]3CN2C(=O)N3OCc2ccccc2)o1. The van der Waals surface area contributed by atoms with Crippen LogP contribution in [0.3, 0.4) is 0 Å². The number of carbonyl (C=O) groups excluding carboxylic acids is 3. The maximum Gasteiger partial charge on any atom is 0.410 e. The van der Waals surface area contributed by atoms with E-state index in [1.807, 2.05) is 37.3 Å². The lowest BCUT2D eigenvalue weighted by molar-refractivity contribution is -0.153. The average molecular weight is 641 g/mol. The maximum atomic E-state index is 13.6. The number of hydrogen-bond acceptors (Lipinski definition) is 9. The van der Waals surface area contributed by atoms with E-state index in [1.54, 1.807) is 58.6 Å². The van der Waals surface area contributed by atoms with Crippen LogP contribution in [-0.2, 0) is 20.9 Å². The lowest BCUT2D eigenvalue weighted by atomic mass is 9.85. The number of likely N-dealkylation sites (N-methyl/N-ethyl adjacent to an activating group) is 1. The van der Waals surface area contributed by atoms with E-state index in [2.05, 4.69) is 10.2 Å². The van der Waals surface area contributed by atoms with Gasteiger partial charge in [0.15, 0.2) is 0 Å². The van der Waals surface area contributed by atoms with Gasteiger partial charge < -0.3 is 28.6 Å². The van der Waals surface area contributed by atoms with Crippen molar-refractivity contribution in [2.24, 2.45) is 5.41 Å². The highest BCUT2D eigenvalue weighted by Crippen LogP contribution is 2.61. The number of carbonyl (C=O) groups is 3. The second kappa shape index (κ2) is 12.7. The number of rotatable bonds is 10. The zero-order valence-corrected chi connectivity index (χ0v) is 28.3. The van der Waals surface area contributed by atoms with Crippen LogP contribution in [0.1, 0.15) is 97.0 Å². The standard InChI is InChI=1S/C33H48N6O7/c1-22(19-37(30(42)46-32(5,6)7)17-16-36(8)29(41)45-31(2,3)4)26-34-35-27(44-26)24-18-33(14-15-33)25-20-38(24)28(40)39(25)43-21-23-12-10-9-11-13-23/h9-13,22,24-25H,14-21H2,1-8H3/t22-,24-,25-/m0/s1. The van der Waals surface area contributed by atoms with Crippen molar-refractivity contribution in [2.75, 3.05) is 33.2 Å². The number of piperidine rings is 1. The number of benzene rings is 1. The van der Waals surface area contributed by atoms with Gasteiger partial charge in [0.1, 0.15) is 23.9 Å². The fraction of sp³-hybridized carbons (Fsp3) is 0.667. The molecule has 13 heteroatoms. The first kappa shape index (κ1) is 33.5. The van der Waals surface area contributed by atoms with Gasteiger partial charge in [0.2, 0.25) is 11.8 Å². The molecule has 1 aromatic carbocycles. The minimum Gasteiger partial charge on any atom is -0.444 e. The van der Waals surface area contributed by atoms with Crippen molar-refractivity contribution in [3.05, 3.63) is 47.7 Å². The summed E-state index contributed by atoms with van der Waals surface area (Å²) in [5.41, 5.74) is -0.365. The number of nitrogens with zero attached hydrogens (tertiary/aromatic N) is 6. The van der Waals surface area contributed by atoms with E-state index in [0.717, 1.165) is 24.8 Å². The topological polar surface area (TPSA) is 131 Å². The quantitative estimate of drug-likeness (QED) is 0.319. The summed E-state index contributed by atoms with van der Waals surface area (Å²) >= 11 is 0. The van der Waals surface area contributed by atoms with Gasteiger partial charge in [0, 0.05) is 33.2 Å². The molecule has 1 spiro atoms. The second-order valence-corrected chi connectivity index (χ2v) is 14.8. The second-order valence-electron chi connectivity index (χ2n) is 14.8.